The molecule has 0 aromatic carbocycles. The molecule has 0 aromatic rings. The smallest absolute Gasteiger partial charge is 0.0591 e. The molecular formula is C12H27NOS. The maximum absolute atomic E-state index is 5.53. The zero-order valence-corrected chi connectivity index (χ0v) is 11.5. The summed E-state index contributed by atoms with van der Waals surface area (Å²) in [5.74, 6) is 3.15. The standard InChI is InChI=1S/C12H27NOS/c1-5-15-10-12(4)13-7-9-14-8-6-11(2)3/h11-13H,5-10H2,1-4H3. The zero-order chi connectivity index (χ0) is 11.5. The zero-order valence-electron chi connectivity index (χ0n) is 10.7. The SMILES string of the molecule is CCSCC(C)NCCOCCC(C)C. The number of hydrogen-bond acceptors (Lipinski definition) is 3. The van der Waals surface area contributed by atoms with E-state index in [9.17, 15) is 0 Å². The molecule has 0 heterocycles. The largest absolute Gasteiger partial charge is 0.380 e. The van der Waals surface area contributed by atoms with Crippen LogP contribution in [0, 0.1) is 5.92 Å². The van der Waals surface area contributed by atoms with E-state index in [1.165, 1.54) is 17.9 Å². The summed E-state index contributed by atoms with van der Waals surface area (Å²) in [6, 6.07) is 0.601. The molecule has 3 heteroatoms. The van der Waals surface area contributed by atoms with Crippen molar-refractivity contribution in [3.05, 3.63) is 0 Å². The van der Waals surface area contributed by atoms with E-state index in [1.54, 1.807) is 0 Å². The molecule has 0 aliphatic carbocycles. The van der Waals surface area contributed by atoms with Crippen LogP contribution in [0.4, 0.5) is 0 Å². The number of rotatable bonds is 10. The maximum Gasteiger partial charge on any atom is 0.0591 e. The summed E-state index contributed by atoms with van der Waals surface area (Å²) in [6.07, 6.45) is 1.17. The van der Waals surface area contributed by atoms with Crippen LogP contribution in [0.3, 0.4) is 0 Å². The fraction of sp³-hybridized carbons (Fsp3) is 1.00. The fourth-order valence-corrected chi connectivity index (χ4v) is 1.86. The summed E-state index contributed by atoms with van der Waals surface area (Å²) in [7, 11) is 0. The van der Waals surface area contributed by atoms with Crippen LogP contribution in [0.5, 0.6) is 0 Å². The predicted octanol–water partition coefficient (Wildman–Crippen LogP) is 2.78. The molecule has 0 fully saturated rings. The fourth-order valence-electron chi connectivity index (χ4n) is 1.15. The van der Waals surface area contributed by atoms with E-state index in [0.29, 0.717) is 6.04 Å². The summed E-state index contributed by atoms with van der Waals surface area (Å²) >= 11 is 1.99. The van der Waals surface area contributed by atoms with E-state index in [0.717, 1.165) is 25.7 Å². The van der Waals surface area contributed by atoms with Gasteiger partial charge in [-0.25, -0.2) is 0 Å². The van der Waals surface area contributed by atoms with Gasteiger partial charge in [0.15, 0.2) is 0 Å². The molecular weight excluding hydrogens is 206 g/mol. The highest BCUT2D eigenvalue weighted by molar-refractivity contribution is 7.99. The molecule has 0 rings (SSSR count). The van der Waals surface area contributed by atoms with Gasteiger partial charge in [0.1, 0.15) is 0 Å². The van der Waals surface area contributed by atoms with E-state index >= 15 is 0 Å². The van der Waals surface area contributed by atoms with Crippen molar-refractivity contribution in [2.24, 2.45) is 5.92 Å². The highest BCUT2D eigenvalue weighted by Crippen LogP contribution is 2.01. The molecule has 0 bridgehead atoms. The van der Waals surface area contributed by atoms with Gasteiger partial charge in [0.05, 0.1) is 6.61 Å². The van der Waals surface area contributed by atoms with Gasteiger partial charge in [0.2, 0.25) is 0 Å². The first-order valence-corrected chi connectivity index (χ1v) is 7.21. The molecule has 2 nitrogen and oxygen atoms in total. The summed E-state index contributed by atoms with van der Waals surface area (Å²) in [5, 5.41) is 3.46. The van der Waals surface area contributed by atoms with Gasteiger partial charge in [0, 0.05) is 24.9 Å². The minimum atomic E-state index is 0.601. The second kappa shape index (κ2) is 10.8. The molecule has 15 heavy (non-hydrogen) atoms. The quantitative estimate of drug-likeness (QED) is 0.586. The van der Waals surface area contributed by atoms with Gasteiger partial charge in [-0.1, -0.05) is 20.8 Å². The van der Waals surface area contributed by atoms with Crippen LogP contribution in [0.1, 0.15) is 34.1 Å². The van der Waals surface area contributed by atoms with E-state index in [2.05, 4.69) is 33.0 Å². The number of hydrogen-bond donors (Lipinski definition) is 1. The Hall–Kier alpha value is 0.270. The Bertz CT molecular complexity index is 131. The average Bonchev–Trinajstić information content (AvgIpc) is 2.19. The number of thioether (sulfide) groups is 1. The Morgan fingerprint density at radius 2 is 1.93 bits per heavy atom. The molecule has 0 aromatic heterocycles. The van der Waals surface area contributed by atoms with Crippen molar-refractivity contribution in [1.29, 1.82) is 0 Å². The van der Waals surface area contributed by atoms with Crippen LogP contribution < -0.4 is 5.32 Å². The van der Waals surface area contributed by atoms with Crippen molar-refractivity contribution in [1.82, 2.24) is 5.32 Å². The van der Waals surface area contributed by atoms with Gasteiger partial charge < -0.3 is 10.1 Å². The number of ether oxygens (including phenoxy) is 1. The van der Waals surface area contributed by atoms with Gasteiger partial charge in [-0.3, -0.25) is 0 Å². The molecule has 92 valence electrons. The molecule has 1 unspecified atom stereocenters. The Morgan fingerprint density at radius 3 is 2.53 bits per heavy atom. The maximum atomic E-state index is 5.53. The van der Waals surface area contributed by atoms with E-state index < -0.39 is 0 Å². The third-order valence-electron chi connectivity index (χ3n) is 2.15. The summed E-state index contributed by atoms with van der Waals surface area (Å²) in [5.41, 5.74) is 0. The topological polar surface area (TPSA) is 21.3 Å². The Labute approximate surface area is 99.5 Å². The third-order valence-corrected chi connectivity index (χ3v) is 3.29. The van der Waals surface area contributed by atoms with Crippen LogP contribution >= 0.6 is 11.8 Å². The molecule has 0 radical (unpaired) electrons. The van der Waals surface area contributed by atoms with Gasteiger partial charge in [-0.2, -0.15) is 11.8 Å². The molecule has 0 spiro atoms. The first-order chi connectivity index (χ1) is 7.16. The molecule has 0 aliphatic heterocycles. The lowest BCUT2D eigenvalue weighted by molar-refractivity contribution is 0.124. The van der Waals surface area contributed by atoms with Gasteiger partial charge in [0.25, 0.3) is 0 Å². The van der Waals surface area contributed by atoms with Crippen LogP contribution in [0.25, 0.3) is 0 Å². The third kappa shape index (κ3) is 12.2. The van der Waals surface area contributed by atoms with Crippen molar-refractivity contribution in [3.63, 3.8) is 0 Å². The molecule has 0 saturated carbocycles. The van der Waals surface area contributed by atoms with Crippen LogP contribution in [0.2, 0.25) is 0 Å². The summed E-state index contributed by atoms with van der Waals surface area (Å²) in [4.78, 5) is 0. The summed E-state index contributed by atoms with van der Waals surface area (Å²) in [6.45, 7) is 11.6. The first-order valence-electron chi connectivity index (χ1n) is 6.05. The van der Waals surface area contributed by atoms with E-state index in [4.69, 9.17) is 4.74 Å². The predicted molar refractivity (Wildman–Crippen MR) is 70.7 cm³/mol. The van der Waals surface area contributed by atoms with Crippen molar-refractivity contribution < 1.29 is 4.74 Å². The Morgan fingerprint density at radius 1 is 1.20 bits per heavy atom. The average molecular weight is 233 g/mol. The van der Waals surface area contributed by atoms with Gasteiger partial charge in [-0.15, -0.1) is 0 Å². The Kier molecular flexibility index (Phi) is 11.0. The van der Waals surface area contributed by atoms with Crippen LogP contribution in [-0.2, 0) is 4.74 Å². The van der Waals surface area contributed by atoms with E-state index in [1.807, 2.05) is 11.8 Å². The Balaban J connectivity index is 3.09. The minimum Gasteiger partial charge on any atom is -0.380 e. The van der Waals surface area contributed by atoms with Crippen molar-refractivity contribution in [3.8, 4) is 0 Å². The van der Waals surface area contributed by atoms with Crippen molar-refractivity contribution in [2.75, 3.05) is 31.3 Å². The van der Waals surface area contributed by atoms with Gasteiger partial charge >= 0.3 is 0 Å². The van der Waals surface area contributed by atoms with Crippen molar-refractivity contribution in [2.45, 2.75) is 40.2 Å². The normalized spacial score (nSPS) is 13.4. The van der Waals surface area contributed by atoms with Crippen molar-refractivity contribution >= 4 is 11.8 Å². The number of nitrogens with one attached hydrogen (secondary N) is 1. The molecule has 0 amide bonds. The molecule has 0 saturated heterocycles. The first kappa shape index (κ1) is 15.3. The molecule has 1 N–H and O–H groups in total. The molecule has 0 aliphatic rings. The highest BCUT2D eigenvalue weighted by Gasteiger charge is 1.99. The van der Waals surface area contributed by atoms with Crippen LogP contribution in [-0.4, -0.2) is 37.3 Å². The van der Waals surface area contributed by atoms with Gasteiger partial charge in [-0.05, 0) is 25.0 Å². The second-order valence-electron chi connectivity index (χ2n) is 4.31. The second-order valence-corrected chi connectivity index (χ2v) is 5.63. The summed E-state index contributed by atoms with van der Waals surface area (Å²) < 4.78 is 5.53. The van der Waals surface area contributed by atoms with E-state index in [-0.39, 0.29) is 0 Å². The minimum absolute atomic E-state index is 0.601. The lowest BCUT2D eigenvalue weighted by atomic mass is 10.1. The molecule has 1 atom stereocenters. The lowest BCUT2D eigenvalue weighted by Crippen LogP contribution is -2.31. The highest BCUT2D eigenvalue weighted by atomic mass is 32.2. The monoisotopic (exact) mass is 233 g/mol. The lowest BCUT2D eigenvalue weighted by Gasteiger charge is -2.13. The van der Waals surface area contributed by atoms with Crippen LogP contribution in [0.15, 0.2) is 0 Å².